The molecule has 1 amide bonds. The van der Waals surface area contributed by atoms with Gasteiger partial charge in [0.05, 0.1) is 11.9 Å². The number of rotatable bonds is 4. The second kappa shape index (κ2) is 5.80. The zero-order chi connectivity index (χ0) is 14.8. The number of hydrogen-bond acceptors (Lipinski definition) is 4. The van der Waals surface area contributed by atoms with Crippen LogP contribution in [-0.2, 0) is 10.0 Å². The van der Waals surface area contributed by atoms with Crippen molar-refractivity contribution in [3.05, 3.63) is 29.8 Å². The predicted molar refractivity (Wildman–Crippen MR) is 78.4 cm³/mol. The zero-order valence-electron chi connectivity index (χ0n) is 11.6. The van der Waals surface area contributed by atoms with Gasteiger partial charge in [-0.15, -0.1) is 0 Å². The van der Waals surface area contributed by atoms with Crippen molar-refractivity contribution in [2.24, 2.45) is 0 Å². The first-order valence-corrected chi connectivity index (χ1v) is 8.28. The van der Waals surface area contributed by atoms with Gasteiger partial charge in [-0.2, -0.15) is 0 Å². The molecule has 1 fully saturated rings. The van der Waals surface area contributed by atoms with Crippen LogP contribution in [0.25, 0.3) is 0 Å². The number of benzene rings is 1. The summed E-state index contributed by atoms with van der Waals surface area (Å²) in [6, 6.07) is 6.69. The van der Waals surface area contributed by atoms with Crippen LogP contribution in [0.1, 0.15) is 16.8 Å². The molecular weight excluding hydrogens is 278 g/mol. The van der Waals surface area contributed by atoms with Crippen molar-refractivity contribution in [1.82, 2.24) is 10.6 Å². The van der Waals surface area contributed by atoms with E-state index < -0.39 is 10.0 Å². The van der Waals surface area contributed by atoms with E-state index in [0.717, 1.165) is 25.8 Å². The van der Waals surface area contributed by atoms with E-state index in [1.54, 1.807) is 24.3 Å². The van der Waals surface area contributed by atoms with E-state index in [1.165, 1.54) is 11.4 Å². The van der Waals surface area contributed by atoms with Crippen LogP contribution < -0.4 is 14.9 Å². The monoisotopic (exact) mass is 297 g/mol. The van der Waals surface area contributed by atoms with E-state index in [4.69, 9.17) is 0 Å². The lowest BCUT2D eigenvalue weighted by Gasteiger charge is -2.17. The lowest BCUT2D eigenvalue weighted by molar-refractivity contribution is 0.0940. The van der Waals surface area contributed by atoms with Crippen LogP contribution >= 0.6 is 0 Å². The van der Waals surface area contributed by atoms with Gasteiger partial charge in [-0.1, -0.05) is 0 Å². The van der Waals surface area contributed by atoms with Crippen LogP contribution in [0.5, 0.6) is 0 Å². The van der Waals surface area contributed by atoms with Gasteiger partial charge in [0, 0.05) is 25.2 Å². The van der Waals surface area contributed by atoms with Crippen LogP contribution in [0.15, 0.2) is 24.3 Å². The largest absolute Gasteiger partial charge is 0.348 e. The fraction of sp³-hybridized carbons (Fsp3) is 0.462. The molecule has 20 heavy (non-hydrogen) atoms. The number of carbonyl (C=O) groups is 1. The summed E-state index contributed by atoms with van der Waals surface area (Å²) < 4.78 is 24.0. The third-order valence-electron chi connectivity index (χ3n) is 3.39. The molecular formula is C13H19N3O3S. The van der Waals surface area contributed by atoms with Crippen LogP contribution in [0.2, 0.25) is 0 Å². The van der Waals surface area contributed by atoms with E-state index in [2.05, 4.69) is 10.6 Å². The van der Waals surface area contributed by atoms with E-state index in [-0.39, 0.29) is 11.9 Å². The Labute approximate surface area is 119 Å². The molecule has 2 rings (SSSR count). The highest BCUT2D eigenvalue weighted by Gasteiger charge is 2.18. The molecule has 1 unspecified atom stereocenters. The van der Waals surface area contributed by atoms with Gasteiger partial charge in [-0.05, 0) is 37.2 Å². The lowest BCUT2D eigenvalue weighted by Crippen LogP contribution is -2.36. The molecule has 1 saturated heterocycles. The summed E-state index contributed by atoms with van der Waals surface area (Å²) in [6.07, 6.45) is 2.07. The molecule has 2 N–H and O–H groups in total. The average Bonchev–Trinajstić information content (AvgIpc) is 2.90. The lowest BCUT2D eigenvalue weighted by atomic mass is 10.1. The molecule has 1 aromatic carbocycles. The van der Waals surface area contributed by atoms with Crippen LogP contribution in [0.4, 0.5) is 5.69 Å². The molecule has 1 aliphatic heterocycles. The van der Waals surface area contributed by atoms with Crippen molar-refractivity contribution in [2.45, 2.75) is 12.5 Å². The van der Waals surface area contributed by atoms with E-state index in [1.807, 2.05) is 0 Å². The minimum absolute atomic E-state index is 0.132. The summed E-state index contributed by atoms with van der Waals surface area (Å²) in [6.45, 7) is 1.71. The van der Waals surface area contributed by atoms with E-state index >= 15 is 0 Å². The number of anilines is 1. The normalized spacial score (nSPS) is 18.8. The minimum Gasteiger partial charge on any atom is -0.348 e. The summed E-state index contributed by atoms with van der Waals surface area (Å²) in [5.41, 5.74) is 1.06. The first kappa shape index (κ1) is 14.8. The van der Waals surface area contributed by atoms with Gasteiger partial charge in [0.2, 0.25) is 10.0 Å². The van der Waals surface area contributed by atoms with Crippen LogP contribution in [0, 0.1) is 0 Å². The number of carbonyl (C=O) groups excluding carboxylic acids is 1. The first-order valence-electron chi connectivity index (χ1n) is 6.43. The van der Waals surface area contributed by atoms with Crippen LogP contribution in [-0.4, -0.2) is 46.8 Å². The van der Waals surface area contributed by atoms with Gasteiger partial charge < -0.3 is 10.6 Å². The Balaban J connectivity index is 2.05. The fourth-order valence-corrected chi connectivity index (χ4v) is 2.57. The number of sulfonamides is 1. The van der Waals surface area contributed by atoms with Gasteiger partial charge in [-0.3, -0.25) is 9.10 Å². The Kier molecular flexibility index (Phi) is 4.29. The van der Waals surface area contributed by atoms with Crippen molar-refractivity contribution in [2.75, 3.05) is 30.7 Å². The SMILES string of the molecule is CN(c1ccc(C(=O)NC2CCNC2)cc1)S(C)(=O)=O. The maximum absolute atomic E-state index is 12.0. The van der Waals surface area contributed by atoms with Gasteiger partial charge >= 0.3 is 0 Å². The van der Waals surface area contributed by atoms with Gasteiger partial charge in [0.1, 0.15) is 0 Å². The molecule has 110 valence electrons. The smallest absolute Gasteiger partial charge is 0.251 e. The molecule has 0 radical (unpaired) electrons. The Hall–Kier alpha value is -1.60. The highest BCUT2D eigenvalue weighted by atomic mass is 32.2. The number of amides is 1. The second-order valence-corrected chi connectivity index (χ2v) is 6.95. The Morgan fingerprint density at radius 1 is 1.35 bits per heavy atom. The van der Waals surface area contributed by atoms with Crippen LogP contribution in [0.3, 0.4) is 0 Å². The van der Waals surface area contributed by atoms with E-state index in [0.29, 0.717) is 11.3 Å². The maximum Gasteiger partial charge on any atom is 0.251 e. The molecule has 0 bridgehead atoms. The van der Waals surface area contributed by atoms with Gasteiger partial charge in [0.25, 0.3) is 5.91 Å². The van der Waals surface area contributed by atoms with Crippen molar-refractivity contribution in [3.8, 4) is 0 Å². The molecule has 1 atom stereocenters. The predicted octanol–water partition coefficient (Wildman–Crippen LogP) is 0.174. The first-order chi connectivity index (χ1) is 9.38. The summed E-state index contributed by atoms with van der Waals surface area (Å²) in [7, 11) is -1.80. The molecule has 1 aliphatic rings. The molecule has 0 saturated carbocycles. The molecule has 1 heterocycles. The van der Waals surface area contributed by atoms with Crippen molar-refractivity contribution in [3.63, 3.8) is 0 Å². The van der Waals surface area contributed by atoms with Crippen molar-refractivity contribution in [1.29, 1.82) is 0 Å². The summed E-state index contributed by atoms with van der Waals surface area (Å²) >= 11 is 0. The molecule has 0 spiro atoms. The van der Waals surface area contributed by atoms with Gasteiger partial charge in [-0.25, -0.2) is 8.42 Å². The molecule has 1 aromatic rings. The quantitative estimate of drug-likeness (QED) is 0.830. The Bertz CT molecular complexity index is 577. The third-order valence-corrected chi connectivity index (χ3v) is 4.59. The minimum atomic E-state index is -3.28. The van der Waals surface area contributed by atoms with E-state index in [9.17, 15) is 13.2 Å². The average molecular weight is 297 g/mol. The molecule has 7 heteroatoms. The third kappa shape index (κ3) is 3.49. The summed E-state index contributed by atoms with van der Waals surface area (Å²) in [4.78, 5) is 12.0. The standard InChI is InChI=1S/C13H19N3O3S/c1-16(20(2,18)19)12-5-3-10(4-6-12)13(17)15-11-7-8-14-9-11/h3-6,11,14H,7-9H2,1-2H3,(H,15,17). The fourth-order valence-electron chi connectivity index (χ4n) is 2.06. The number of nitrogens with one attached hydrogen (secondary N) is 2. The Morgan fingerprint density at radius 2 is 2.00 bits per heavy atom. The molecule has 0 aromatic heterocycles. The zero-order valence-corrected chi connectivity index (χ0v) is 12.4. The van der Waals surface area contributed by atoms with Crippen molar-refractivity contribution < 1.29 is 13.2 Å². The molecule has 6 nitrogen and oxygen atoms in total. The Morgan fingerprint density at radius 3 is 2.50 bits per heavy atom. The second-order valence-electron chi connectivity index (χ2n) is 4.94. The highest BCUT2D eigenvalue weighted by Crippen LogP contribution is 2.16. The maximum atomic E-state index is 12.0. The van der Waals surface area contributed by atoms with Gasteiger partial charge in [0.15, 0.2) is 0 Å². The highest BCUT2D eigenvalue weighted by molar-refractivity contribution is 7.92. The van der Waals surface area contributed by atoms with Crippen molar-refractivity contribution >= 4 is 21.6 Å². The topological polar surface area (TPSA) is 78.5 Å². The summed E-state index contributed by atoms with van der Waals surface area (Å²) in [5.74, 6) is -0.132. The number of hydrogen-bond donors (Lipinski definition) is 2. The number of nitrogens with zero attached hydrogens (tertiary/aromatic N) is 1. The molecule has 0 aliphatic carbocycles. The summed E-state index contributed by atoms with van der Waals surface area (Å²) in [5, 5.41) is 6.12.